The summed E-state index contributed by atoms with van der Waals surface area (Å²) in [5, 5.41) is 0. The van der Waals surface area contributed by atoms with Gasteiger partial charge in [0.1, 0.15) is 6.29 Å². The lowest BCUT2D eigenvalue weighted by molar-refractivity contribution is -0.132. The van der Waals surface area contributed by atoms with E-state index in [0.29, 0.717) is 44.5 Å². The largest absolute Gasteiger partial charge is 0.462 e. The summed E-state index contributed by atoms with van der Waals surface area (Å²) in [6.45, 7) is 4.47. The fourth-order valence-electron chi connectivity index (χ4n) is 3.30. The number of unbranched alkanes of at least 4 members (excludes halogenated alkanes) is 2. The van der Waals surface area contributed by atoms with E-state index in [0.717, 1.165) is 47.4 Å². The van der Waals surface area contributed by atoms with Crippen LogP contribution in [0, 0.1) is 6.92 Å². The molecule has 0 saturated heterocycles. The van der Waals surface area contributed by atoms with Crippen molar-refractivity contribution in [1.29, 1.82) is 0 Å². The predicted octanol–water partition coefficient (Wildman–Crippen LogP) is 2.81. The Balaban J connectivity index is 1.92. The molecule has 1 amide bonds. The Kier molecular flexibility index (Phi) is 8.44. The summed E-state index contributed by atoms with van der Waals surface area (Å²) in [7, 11) is 3.99. The Bertz CT molecular complexity index is 669. The Hall–Kier alpha value is -1.73. The third kappa shape index (κ3) is 6.14. The van der Waals surface area contributed by atoms with Crippen LogP contribution in [-0.2, 0) is 27.3 Å². The molecule has 0 aromatic carbocycles. The van der Waals surface area contributed by atoms with E-state index < -0.39 is 0 Å². The first-order chi connectivity index (χ1) is 12.9. The highest BCUT2D eigenvalue weighted by Gasteiger charge is 2.28. The van der Waals surface area contributed by atoms with E-state index in [2.05, 4.69) is 4.90 Å². The molecule has 1 aromatic rings. The van der Waals surface area contributed by atoms with E-state index in [-0.39, 0.29) is 11.9 Å². The third-order valence-corrected chi connectivity index (χ3v) is 5.87. The van der Waals surface area contributed by atoms with Gasteiger partial charge in [0.2, 0.25) is 5.91 Å². The summed E-state index contributed by atoms with van der Waals surface area (Å²) in [4.78, 5) is 41.3. The molecular weight excluding hydrogens is 364 g/mol. The highest BCUT2D eigenvalue weighted by Crippen LogP contribution is 2.33. The van der Waals surface area contributed by atoms with Gasteiger partial charge >= 0.3 is 5.97 Å². The van der Waals surface area contributed by atoms with E-state index in [9.17, 15) is 14.4 Å². The Morgan fingerprint density at radius 3 is 2.74 bits per heavy atom. The predicted molar refractivity (Wildman–Crippen MR) is 106 cm³/mol. The van der Waals surface area contributed by atoms with Crippen LogP contribution < -0.4 is 0 Å². The monoisotopic (exact) mass is 394 g/mol. The lowest BCUT2D eigenvalue weighted by Crippen LogP contribution is -2.35. The van der Waals surface area contributed by atoms with Gasteiger partial charge < -0.3 is 19.3 Å². The second-order valence-electron chi connectivity index (χ2n) is 7.21. The number of carbonyl (C=O) groups excluding carboxylic acids is 3. The standard InChI is InChI=1S/C20H30N2O4S/c1-15-19(20(25)26-13-7-10-21(2)3)16-9-11-22(14-17(16)27-15)18(24)8-5-4-6-12-23/h12H,4-11,13-14H2,1-3H3. The van der Waals surface area contributed by atoms with Crippen molar-refractivity contribution in [2.24, 2.45) is 0 Å². The van der Waals surface area contributed by atoms with Gasteiger partial charge in [0.15, 0.2) is 0 Å². The molecule has 2 rings (SSSR count). The van der Waals surface area contributed by atoms with E-state index in [1.807, 2.05) is 25.9 Å². The zero-order chi connectivity index (χ0) is 19.8. The molecule has 0 fully saturated rings. The number of nitrogens with zero attached hydrogens (tertiary/aromatic N) is 2. The van der Waals surface area contributed by atoms with Crippen LogP contribution >= 0.6 is 11.3 Å². The fraction of sp³-hybridized carbons (Fsp3) is 0.650. The Morgan fingerprint density at radius 2 is 2.04 bits per heavy atom. The first-order valence-electron chi connectivity index (χ1n) is 9.58. The van der Waals surface area contributed by atoms with Crippen LogP contribution in [0.3, 0.4) is 0 Å². The number of rotatable bonds is 10. The molecule has 7 heteroatoms. The van der Waals surface area contributed by atoms with Crippen molar-refractivity contribution in [3.05, 3.63) is 20.9 Å². The van der Waals surface area contributed by atoms with Crippen molar-refractivity contribution in [3.63, 3.8) is 0 Å². The molecule has 1 aliphatic rings. The summed E-state index contributed by atoms with van der Waals surface area (Å²) in [6.07, 6.45) is 4.91. The number of carbonyl (C=O) groups is 3. The van der Waals surface area contributed by atoms with Gasteiger partial charge in [-0.05, 0) is 52.3 Å². The van der Waals surface area contributed by atoms with E-state index in [4.69, 9.17) is 4.74 Å². The number of aldehydes is 1. The molecule has 0 aliphatic carbocycles. The van der Waals surface area contributed by atoms with Crippen LogP contribution in [0.25, 0.3) is 0 Å². The van der Waals surface area contributed by atoms with Crippen LogP contribution in [0.5, 0.6) is 0 Å². The molecule has 0 spiro atoms. The molecular formula is C20H30N2O4S. The smallest absolute Gasteiger partial charge is 0.339 e. The lowest BCUT2D eigenvalue weighted by atomic mass is 10.0. The topological polar surface area (TPSA) is 66.9 Å². The SMILES string of the molecule is Cc1sc2c(c1C(=O)OCCCN(C)C)CCN(C(=O)CCCCC=O)C2. The van der Waals surface area contributed by atoms with Crippen molar-refractivity contribution >= 4 is 29.5 Å². The van der Waals surface area contributed by atoms with Crippen LogP contribution in [0.4, 0.5) is 0 Å². The number of ether oxygens (including phenoxy) is 1. The average Bonchev–Trinajstić information content (AvgIpc) is 2.96. The molecule has 150 valence electrons. The van der Waals surface area contributed by atoms with Crippen LogP contribution in [0.1, 0.15) is 57.8 Å². The number of amides is 1. The zero-order valence-electron chi connectivity index (χ0n) is 16.6. The highest BCUT2D eigenvalue weighted by atomic mass is 32.1. The maximum atomic E-state index is 12.5. The van der Waals surface area contributed by atoms with Crippen molar-refractivity contribution in [2.75, 3.05) is 33.8 Å². The maximum Gasteiger partial charge on any atom is 0.339 e. The normalized spacial score (nSPS) is 13.6. The molecule has 0 N–H and O–H groups in total. The van der Waals surface area contributed by atoms with Gasteiger partial charge in [0.25, 0.3) is 0 Å². The number of aryl methyl sites for hydroxylation is 1. The van der Waals surface area contributed by atoms with Gasteiger partial charge in [-0.2, -0.15) is 0 Å². The quantitative estimate of drug-likeness (QED) is 0.347. The molecule has 0 atom stereocenters. The summed E-state index contributed by atoms with van der Waals surface area (Å²) < 4.78 is 5.47. The molecule has 2 heterocycles. The van der Waals surface area contributed by atoms with E-state index in [1.165, 1.54) is 0 Å². The highest BCUT2D eigenvalue weighted by molar-refractivity contribution is 7.12. The second kappa shape index (κ2) is 10.6. The van der Waals surface area contributed by atoms with E-state index >= 15 is 0 Å². The molecule has 6 nitrogen and oxygen atoms in total. The summed E-state index contributed by atoms with van der Waals surface area (Å²) in [5.74, 6) is -0.109. The van der Waals surface area contributed by atoms with Crippen molar-refractivity contribution in [3.8, 4) is 0 Å². The maximum absolute atomic E-state index is 12.5. The Labute approximate surface area is 165 Å². The van der Waals surface area contributed by atoms with Crippen LogP contribution in [0.2, 0.25) is 0 Å². The van der Waals surface area contributed by atoms with E-state index in [1.54, 1.807) is 11.3 Å². The van der Waals surface area contributed by atoms with Gasteiger partial charge in [-0.3, -0.25) is 4.79 Å². The first kappa shape index (κ1) is 21.6. The zero-order valence-corrected chi connectivity index (χ0v) is 17.4. The number of thiophene rings is 1. The molecule has 0 bridgehead atoms. The Morgan fingerprint density at radius 1 is 1.26 bits per heavy atom. The molecule has 0 unspecified atom stereocenters. The number of hydrogen-bond donors (Lipinski definition) is 0. The first-order valence-corrected chi connectivity index (χ1v) is 10.4. The molecule has 0 saturated carbocycles. The molecule has 0 radical (unpaired) electrons. The van der Waals surface area contributed by atoms with Crippen LogP contribution in [0.15, 0.2) is 0 Å². The van der Waals surface area contributed by atoms with Gasteiger partial charge in [-0.25, -0.2) is 4.79 Å². The number of esters is 1. The van der Waals surface area contributed by atoms with Crippen LogP contribution in [-0.4, -0.2) is 61.8 Å². The second-order valence-corrected chi connectivity index (χ2v) is 8.51. The van der Waals surface area contributed by atoms with Gasteiger partial charge in [0, 0.05) is 35.7 Å². The molecule has 1 aromatic heterocycles. The lowest BCUT2D eigenvalue weighted by Gasteiger charge is -2.27. The fourth-order valence-corrected chi connectivity index (χ4v) is 4.53. The van der Waals surface area contributed by atoms with Gasteiger partial charge in [0.05, 0.1) is 18.7 Å². The number of hydrogen-bond acceptors (Lipinski definition) is 6. The van der Waals surface area contributed by atoms with Crippen molar-refractivity contribution < 1.29 is 19.1 Å². The molecule has 1 aliphatic heterocycles. The minimum absolute atomic E-state index is 0.130. The van der Waals surface area contributed by atoms with Gasteiger partial charge in [-0.15, -0.1) is 11.3 Å². The summed E-state index contributed by atoms with van der Waals surface area (Å²) in [6, 6.07) is 0. The molecule has 27 heavy (non-hydrogen) atoms. The van der Waals surface area contributed by atoms with Crippen molar-refractivity contribution in [1.82, 2.24) is 9.80 Å². The van der Waals surface area contributed by atoms with Gasteiger partial charge in [-0.1, -0.05) is 0 Å². The average molecular weight is 395 g/mol. The number of fused-ring (bicyclic) bond motifs is 1. The summed E-state index contributed by atoms with van der Waals surface area (Å²) >= 11 is 1.59. The summed E-state index contributed by atoms with van der Waals surface area (Å²) in [5.41, 5.74) is 1.76. The minimum atomic E-state index is -0.239. The third-order valence-electron chi connectivity index (χ3n) is 4.74. The van der Waals surface area contributed by atoms with Crippen molar-refractivity contribution in [2.45, 2.75) is 52.0 Å². The minimum Gasteiger partial charge on any atom is -0.462 e.